The minimum atomic E-state index is -0.423. The van der Waals surface area contributed by atoms with E-state index in [2.05, 4.69) is 29.7 Å². The molecule has 0 radical (unpaired) electrons. The summed E-state index contributed by atoms with van der Waals surface area (Å²) in [5.41, 5.74) is 8.56. The zero-order chi connectivity index (χ0) is 39.7. The lowest BCUT2D eigenvalue weighted by molar-refractivity contribution is 0.908. The van der Waals surface area contributed by atoms with Gasteiger partial charge in [-0.05, 0) is 90.3 Å². The molecule has 1 heterocycles. The summed E-state index contributed by atoms with van der Waals surface area (Å²) in [5.74, 6) is 0.971. The maximum Gasteiger partial charge on any atom is 0.114 e. The van der Waals surface area contributed by atoms with Gasteiger partial charge >= 0.3 is 0 Å². The molecule has 0 amide bonds. The number of hydrogen-bond acceptors (Lipinski definition) is 1. The minimum Gasteiger partial charge on any atom is -0.296 e. The molecule has 0 fully saturated rings. The van der Waals surface area contributed by atoms with Crippen molar-refractivity contribution in [1.82, 2.24) is 9.55 Å². The molecule has 0 saturated heterocycles. The van der Waals surface area contributed by atoms with Gasteiger partial charge < -0.3 is 0 Å². The molecule has 8 aromatic carbocycles. The summed E-state index contributed by atoms with van der Waals surface area (Å²) in [6.45, 7) is 2.09. The minimum absolute atomic E-state index is 0.192. The van der Waals surface area contributed by atoms with Gasteiger partial charge in [-0.2, -0.15) is 0 Å². The average Bonchev–Trinajstić information content (AvgIpc) is 3.64. The van der Waals surface area contributed by atoms with E-state index < -0.39 is 24.2 Å². The highest BCUT2D eigenvalue weighted by Crippen LogP contribution is 2.44. The Morgan fingerprint density at radius 3 is 1.37 bits per heavy atom. The summed E-state index contributed by atoms with van der Waals surface area (Å²) in [5, 5.41) is 0.771. The van der Waals surface area contributed by atoms with Crippen LogP contribution in [0.2, 0.25) is 0 Å². The van der Waals surface area contributed by atoms with Gasteiger partial charge in [0.05, 0.1) is 22.0 Å². The lowest BCUT2D eigenvalue weighted by Gasteiger charge is -2.18. The van der Waals surface area contributed by atoms with E-state index in [1.54, 1.807) is 0 Å². The largest absolute Gasteiger partial charge is 0.296 e. The summed E-state index contributed by atoms with van der Waals surface area (Å²) in [6, 6.07) is 38.4. The first-order valence-electron chi connectivity index (χ1n) is 20.4. The van der Waals surface area contributed by atoms with Gasteiger partial charge in [-0.15, -0.1) is 0 Å². The summed E-state index contributed by atoms with van der Waals surface area (Å²) in [4.78, 5) is 4.82. The number of fused-ring (bicyclic) bond motifs is 3. The van der Waals surface area contributed by atoms with Gasteiger partial charge in [0.25, 0.3) is 0 Å². The Morgan fingerprint density at radius 2 is 0.878 bits per heavy atom. The van der Waals surface area contributed by atoms with Crippen molar-refractivity contribution in [1.29, 1.82) is 0 Å². The molecule has 0 N–H and O–H groups in total. The first-order chi connectivity index (χ1) is 27.6. The van der Waals surface area contributed by atoms with Crippen LogP contribution < -0.4 is 0 Å². The van der Waals surface area contributed by atoms with Crippen molar-refractivity contribution < 1.29 is 11.0 Å². The van der Waals surface area contributed by atoms with E-state index in [1.807, 2.05) is 109 Å². The quantitative estimate of drug-likeness (QED) is 0.166. The Balaban J connectivity index is 1.25. The smallest absolute Gasteiger partial charge is 0.114 e. The van der Waals surface area contributed by atoms with Crippen LogP contribution in [-0.4, -0.2) is 9.55 Å². The number of imidazole rings is 1. The second-order valence-electron chi connectivity index (χ2n) is 12.0. The topological polar surface area (TPSA) is 17.8 Å². The fraction of sp³-hybridized carbons (Fsp3) is 0.0426. The van der Waals surface area contributed by atoms with E-state index in [4.69, 9.17) is 10.5 Å². The van der Waals surface area contributed by atoms with Gasteiger partial charge in [0.15, 0.2) is 0 Å². The molecule has 0 aliphatic rings. The van der Waals surface area contributed by atoms with Crippen LogP contribution in [0.1, 0.15) is 23.7 Å². The molecule has 2 heteroatoms. The lowest BCUT2D eigenvalue weighted by Crippen LogP contribution is -1.99. The molecular formula is C47H34N2. The average molecular weight is 635 g/mol. The molecule has 0 spiro atoms. The maximum atomic E-state index is 9.26. The van der Waals surface area contributed by atoms with Gasteiger partial charge in [-0.1, -0.05) is 158 Å². The van der Waals surface area contributed by atoms with E-state index in [0.29, 0.717) is 22.3 Å². The van der Waals surface area contributed by atoms with Crippen LogP contribution in [0.3, 0.4) is 0 Å². The van der Waals surface area contributed by atoms with Crippen LogP contribution in [-0.2, 0) is 6.42 Å². The number of para-hydroxylation sites is 2. The molecule has 0 atom stereocenters. The number of aryl methyl sites for hydroxylation is 1. The van der Waals surface area contributed by atoms with Gasteiger partial charge in [0, 0.05) is 12.1 Å². The van der Waals surface area contributed by atoms with Crippen LogP contribution in [0.15, 0.2) is 176 Å². The van der Waals surface area contributed by atoms with Crippen LogP contribution >= 0.6 is 0 Å². The number of benzene rings is 8. The molecule has 0 bridgehead atoms. The van der Waals surface area contributed by atoms with Crippen molar-refractivity contribution in [2.45, 2.75) is 13.3 Å². The first kappa shape index (κ1) is 21.6. The molecule has 9 rings (SSSR count). The fourth-order valence-corrected chi connectivity index (χ4v) is 6.90. The number of aromatic nitrogens is 2. The van der Waals surface area contributed by atoms with E-state index in [1.165, 1.54) is 0 Å². The van der Waals surface area contributed by atoms with Crippen molar-refractivity contribution in [3.63, 3.8) is 0 Å². The van der Waals surface area contributed by atoms with Gasteiger partial charge in [0.1, 0.15) is 5.82 Å². The first-order valence-corrected chi connectivity index (χ1v) is 16.4. The summed E-state index contributed by atoms with van der Waals surface area (Å²) in [6.07, 6.45) is 0.780. The molecule has 0 saturated carbocycles. The predicted molar refractivity (Wildman–Crippen MR) is 207 cm³/mol. The Morgan fingerprint density at radius 1 is 0.469 bits per heavy atom. The molecule has 2 nitrogen and oxygen atoms in total. The van der Waals surface area contributed by atoms with Crippen LogP contribution in [0.25, 0.3) is 82.8 Å². The zero-order valence-corrected chi connectivity index (χ0v) is 26.7. The van der Waals surface area contributed by atoms with Crippen LogP contribution in [0.5, 0.6) is 0 Å². The molecule has 0 aliphatic heterocycles. The van der Waals surface area contributed by atoms with Crippen molar-refractivity contribution >= 4 is 32.6 Å². The lowest BCUT2D eigenvalue weighted by atomic mass is 9.85. The Kier molecular flexibility index (Phi) is 5.32. The molecular weight excluding hydrogens is 593 g/mol. The van der Waals surface area contributed by atoms with E-state index in [9.17, 15) is 5.48 Å². The van der Waals surface area contributed by atoms with E-state index in [0.717, 1.165) is 51.2 Å². The third kappa shape index (κ3) is 5.01. The van der Waals surface area contributed by atoms with Crippen LogP contribution in [0, 0.1) is 0 Å². The Labute approximate surface area is 297 Å². The molecule has 1 aromatic heterocycles. The molecule has 49 heavy (non-hydrogen) atoms. The highest BCUT2D eigenvalue weighted by atomic mass is 15.1. The van der Waals surface area contributed by atoms with E-state index >= 15 is 0 Å². The molecule has 0 aliphatic carbocycles. The second kappa shape index (κ2) is 12.1. The highest BCUT2D eigenvalue weighted by molar-refractivity contribution is 6.21. The third-order valence-electron chi connectivity index (χ3n) is 9.23. The van der Waals surface area contributed by atoms with Gasteiger partial charge in [-0.25, -0.2) is 4.98 Å². The Hall–Kier alpha value is -6.25. The second-order valence-corrected chi connectivity index (χ2v) is 12.0. The molecule has 0 unspecified atom stereocenters. The number of hydrogen-bond donors (Lipinski definition) is 0. The summed E-state index contributed by atoms with van der Waals surface area (Å²) < 4.78 is 74.1. The normalized spacial score (nSPS) is 13.7. The zero-order valence-electron chi connectivity index (χ0n) is 34.7. The summed E-state index contributed by atoms with van der Waals surface area (Å²) >= 11 is 0. The predicted octanol–water partition coefficient (Wildman–Crippen LogP) is 12.6. The molecule has 9 aromatic rings. The van der Waals surface area contributed by atoms with Crippen molar-refractivity contribution in [2.75, 3.05) is 0 Å². The SMILES string of the molecule is [2H]c1c([2H])c([2H])c2c(-c3ccc(-c4ccc(-n5c(CC)nc6ccccc65)cc4)cc3)c3c([2H])c([2H])c([2H])c([2H])c3c(-c3ccc(-c4ccccc4)cc3)c2c1[2H]. The highest BCUT2D eigenvalue weighted by Gasteiger charge is 2.17. The monoisotopic (exact) mass is 634 g/mol. The van der Waals surface area contributed by atoms with Gasteiger partial charge in [0.2, 0.25) is 0 Å². The van der Waals surface area contributed by atoms with Crippen LogP contribution in [0.4, 0.5) is 0 Å². The maximum absolute atomic E-state index is 9.26. The number of nitrogens with zero attached hydrogens (tertiary/aromatic N) is 2. The van der Waals surface area contributed by atoms with Gasteiger partial charge in [-0.3, -0.25) is 4.57 Å². The molecule has 232 valence electrons. The van der Waals surface area contributed by atoms with Crippen molar-refractivity contribution in [2.24, 2.45) is 0 Å². The third-order valence-corrected chi connectivity index (χ3v) is 9.23. The summed E-state index contributed by atoms with van der Waals surface area (Å²) in [7, 11) is 0. The van der Waals surface area contributed by atoms with Crippen molar-refractivity contribution in [3.8, 4) is 50.2 Å². The van der Waals surface area contributed by atoms with Crippen molar-refractivity contribution in [3.05, 3.63) is 182 Å². The number of rotatable bonds is 6. The standard InChI is InChI=1S/C47H34N2/c1-2-45-48-43-18-10-11-19-44(43)49(45)38-30-28-35(29-31-38)34-22-26-37(27-23-34)47-41-16-8-6-14-39(41)46(40-15-7-9-17-42(40)47)36-24-20-33(21-25-36)32-12-4-3-5-13-32/h3-31H,2H2,1H3/i6D,7D,8D,9D,14D,15D,16D,17D. The fourth-order valence-electron chi connectivity index (χ4n) is 6.90. The Bertz CT molecular complexity index is 2970. The van der Waals surface area contributed by atoms with E-state index in [-0.39, 0.29) is 45.7 Å².